The van der Waals surface area contributed by atoms with Crippen LogP contribution < -0.4 is 10.5 Å². The van der Waals surface area contributed by atoms with Crippen molar-refractivity contribution >= 4 is 10.2 Å². The number of hydrogen-bond donors (Lipinski definition) is 2. The largest absolute Gasteiger partial charge is 0.380 e. The maximum Gasteiger partial charge on any atom is 0.279 e. The van der Waals surface area contributed by atoms with Gasteiger partial charge in [-0.2, -0.15) is 17.4 Å². The van der Waals surface area contributed by atoms with E-state index < -0.39 is 10.2 Å². The van der Waals surface area contributed by atoms with Crippen molar-refractivity contribution < 1.29 is 13.2 Å². The number of piperidine rings is 1. The van der Waals surface area contributed by atoms with E-state index in [0.29, 0.717) is 13.1 Å². The number of rotatable bonds is 6. The second kappa shape index (κ2) is 6.65. The molecule has 0 radical (unpaired) electrons. The number of hydrogen-bond acceptors (Lipinski definition) is 4. The predicted octanol–water partition coefficient (Wildman–Crippen LogP) is -0.331. The Morgan fingerprint density at radius 3 is 2.82 bits per heavy atom. The molecule has 1 aliphatic heterocycles. The van der Waals surface area contributed by atoms with E-state index in [2.05, 4.69) is 4.72 Å². The quantitative estimate of drug-likeness (QED) is 0.688. The van der Waals surface area contributed by atoms with Crippen LogP contribution in [0.15, 0.2) is 0 Å². The summed E-state index contributed by atoms with van der Waals surface area (Å²) < 4.78 is 33.2. The first kappa shape index (κ1) is 14.8. The molecule has 3 N–H and O–H groups in total. The summed E-state index contributed by atoms with van der Waals surface area (Å²) in [5.74, 6) is 0. The van der Waals surface area contributed by atoms with E-state index in [4.69, 9.17) is 10.5 Å². The van der Waals surface area contributed by atoms with Crippen molar-refractivity contribution in [1.82, 2.24) is 9.03 Å². The maximum atomic E-state index is 12.1. The molecule has 0 aromatic carbocycles. The van der Waals surface area contributed by atoms with Gasteiger partial charge in [-0.15, -0.1) is 0 Å². The smallest absolute Gasteiger partial charge is 0.279 e. The van der Waals surface area contributed by atoms with Crippen molar-refractivity contribution in [2.75, 3.05) is 26.7 Å². The SMILES string of the molecule is COC(C)CNS(=O)(=O)N1CCCCC1CN. The number of nitrogens with zero attached hydrogens (tertiary/aromatic N) is 1. The predicted molar refractivity (Wildman–Crippen MR) is 66.8 cm³/mol. The highest BCUT2D eigenvalue weighted by Crippen LogP contribution is 2.18. The first-order valence-electron chi connectivity index (χ1n) is 6.00. The summed E-state index contributed by atoms with van der Waals surface area (Å²) in [7, 11) is -1.87. The number of nitrogens with two attached hydrogens (primary N) is 1. The highest BCUT2D eigenvalue weighted by Gasteiger charge is 2.31. The second-order valence-corrected chi connectivity index (χ2v) is 6.10. The molecule has 7 heteroatoms. The van der Waals surface area contributed by atoms with Gasteiger partial charge in [-0.3, -0.25) is 0 Å². The minimum Gasteiger partial charge on any atom is -0.380 e. The molecule has 1 fully saturated rings. The van der Waals surface area contributed by atoms with Crippen molar-refractivity contribution in [2.24, 2.45) is 5.73 Å². The second-order valence-electron chi connectivity index (χ2n) is 4.40. The fourth-order valence-electron chi connectivity index (χ4n) is 1.91. The fraction of sp³-hybridized carbons (Fsp3) is 1.00. The van der Waals surface area contributed by atoms with Crippen LogP contribution in [-0.2, 0) is 14.9 Å². The lowest BCUT2D eigenvalue weighted by Gasteiger charge is -2.34. The third-order valence-corrected chi connectivity index (χ3v) is 4.74. The van der Waals surface area contributed by atoms with Gasteiger partial charge in [-0.05, 0) is 19.8 Å². The van der Waals surface area contributed by atoms with Crippen molar-refractivity contribution in [3.8, 4) is 0 Å². The van der Waals surface area contributed by atoms with Crippen molar-refractivity contribution in [3.63, 3.8) is 0 Å². The standard InChI is InChI=1S/C10H23N3O3S/c1-9(16-2)8-12-17(14,15)13-6-4-3-5-10(13)7-11/h9-10,12H,3-8,11H2,1-2H3. The summed E-state index contributed by atoms with van der Waals surface area (Å²) in [6.45, 7) is 3.03. The molecule has 1 rings (SSSR count). The molecular weight excluding hydrogens is 242 g/mol. The molecule has 0 amide bonds. The molecule has 1 heterocycles. The molecule has 1 saturated heterocycles. The zero-order valence-corrected chi connectivity index (χ0v) is 11.4. The molecule has 0 aromatic heterocycles. The summed E-state index contributed by atoms with van der Waals surface area (Å²) in [6, 6.07) is -0.0703. The van der Waals surface area contributed by atoms with E-state index in [1.807, 2.05) is 6.92 Å². The molecule has 2 atom stereocenters. The van der Waals surface area contributed by atoms with Crippen molar-refractivity contribution in [3.05, 3.63) is 0 Å². The Labute approximate surface area is 104 Å². The fourth-order valence-corrected chi connectivity index (χ4v) is 3.48. The molecule has 0 spiro atoms. The summed E-state index contributed by atoms with van der Waals surface area (Å²) in [5, 5.41) is 0. The Hall–Kier alpha value is -0.210. The summed E-state index contributed by atoms with van der Waals surface area (Å²) in [6.07, 6.45) is 2.66. The van der Waals surface area contributed by atoms with Gasteiger partial charge in [-0.1, -0.05) is 6.42 Å². The summed E-state index contributed by atoms with van der Waals surface area (Å²) in [5.41, 5.74) is 5.61. The van der Waals surface area contributed by atoms with E-state index in [1.165, 1.54) is 4.31 Å². The van der Waals surface area contributed by atoms with Gasteiger partial charge in [0.25, 0.3) is 10.2 Å². The van der Waals surface area contributed by atoms with Gasteiger partial charge < -0.3 is 10.5 Å². The average Bonchev–Trinajstić information content (AvgIpc) is 2.35. The Bertz CT molecular complexity index is 321. The Morgan fingerprint density at radius 2 is 2.24 bits per heavy atom. The number of methoxy groups -OCH3 is 1. The zero-order chi connectivity index (χ0) is 12.9. The lowest BCUT2D eigenvalue weighted by molar-refractivity contribution is 0.121. The molecular formula is C10H23N3O3S. The molecule has 6 nitrogen and oxygen atoms in total. The maximum absolute atomic E-state index is 12.1. The van der Waals surface area contributed by atoms with Gasteiger partial charge >= 0.3 is 0 Å². The van der Waals surface area contributed by atoms with Gasteiger partial charge in [0.15, 0.2) is 0 Å². The Morgan fingerprint density at radius 1 is 1.53 bits per heavy atom. The van der Waals surface area contributed by atoms with Gasteiger partial charge in [0.05, 0.1) is 6.10 Å². The highest BCUT2D eigenvalue weighted by atomic mass is 32.2. The van der Waals surface area contributed by atoms with Gasteiger partial charge in [0, 0.05) is 32.8 Å². The van der Waals surface area contributed by atoms with Crippen LogP contribution >= 0.6 is 0 Å². The first-order valence-corrected chi connectivity index (χ1v) is 7.44. The average molecular weight is 265 g/mol. The lowest BCUT2D eigenvalue weighted by atomic mass is 10.1. The lowest BCUT2D eigenvalue weighted by Crippen LogP contribution is -2.52. The zero-order valence-electron chi connectivity index (χ0n) is 10.6. The minimum absolute atomic E-state index is 0.0703. The Balaban J connectivity index is 2.61. The molecule has 1 aliphatic rings. The highest BCUT2D eigenvalue weighted by molar-refractivity contribution is 7.87. The topological polar surface area (TPSA) is 84.7 Å². The van der Waals surface area contributed by atoms with Crippen molar-refractivity contribution in [1.29, 1.82) is 0 Å². The summed E-state index contributed by atoms with van der Waals surface area (Å²) >= 11 is 0. The van der Waals surface area contributed by atoms with Crippen LogP contribution in [0, 0.1) is 0 Å². The molecule has 17 heavy (non-hydrogen) atoms. The molecule has 102 valence electrons. The van der Waals surface area contributed by atoms with Crippen LogP contribution in [0.1, 0.15) is 26.2 Å². The molecule has 0 aliphatic carbocycles. The van der Waals surface area contributed by atoms with E-state index >= 15 is 0 Å². The van der Waals surface area contributed by atoms with Crippen LogP contribution in [0.2, 0.25) is 0 Å². The minimum atomic E-state index is -3.43. The first-order chi connectivity index (χ1) is 8.01. The van der Waals surface area contributed by atoms with Crippen molar-refractivity contribution in [2.45, 2.75) is 38.3 Å². The van der Waals surface area contributed by atoms with Crippen LogP contribution in [0.3, 0.4) is 0 Å². The van der Waals surface area contributed by atoms with E-state index in [1.54, 1.807) is 7.11 Å². The van der Waals surface area contributed by atoms with E-state index in [0.717, 1.165) is 19.3 Å². The number of ether oxygens (including phenoxy) is 1. The van der Waals surface area contributed by atoms with Gasteiger partial charge in [0.1, 0.15) is 0 Å². The Kier molecular flexibility index (Phi) is 5.81. The third-order valence-electron chi connectivity index (χ3n) is 3.11. The molecule has 0 saturated carbocycles. The third kappa shape index (κ3) is 4.18. The van der Waals surface area contributed by atoms with Crippen LogP contribution in [-0.4, -0.2) is 51.6 Å². The van der Waals surface area contributed by atoms with Crippen LogP contribution in [0.25, 0.3) is 0 Å². The summed E-state index contributed by atoms with van der Waals surface area (Å²) in [4.78, 5) is 0. The van der Waals surface area contributed by atoms with Gasteiger partial charge in [0.2, 0.25) is 0 Å². The van der Waals surface area contributed by atoms with Crippen LogP contribution in [0.4, 0.5) is 0 Å². The molecule has 0 aromatic rings. The molecule has 2 unspecified atom stereocenters. The van der Waals surface area contributed by atoms with Gasteiger partial charge in [-0.25, -0.2) is 0 Å². The van der Waals surface area contributed by atoms with Crippen LogP contribution in [0.5, 0.6) is 0 Å². The number of nitrogens with one attached hydrogen (secondary N) is 1. The monoisotopic (exact) mass is 265 g/mol. The normalized spacial score (nSPS) is 24.8. The van der Waals surface area contributed by atoms with E-state index in [9.17, 15) is 8.42 Å². The molecule has 0 bridgehead atoms. The van der Waals surface area contributed by atoms with E-state index in [-0.39, 0.29) is 18.7 Å².